The molecule has 30 heavy (non-hydrogen) atoms. The smallest absolute Gasteiger partial charge is 0.166 e. The van der Waals surface area contributed by atoms with Crippen molar-refractivity contribution < 1.29 is 52.7 Å². The first kappa shape index (κ1) is 23.9. The van der Waals surface area contributed by atoms with Crippen molar-refractivity contribution in [1.82, 2.24) is 0 Å². The molecule has 0 fully saturated rings. The van der Waals surface area contributed by atoms with Crippen LogP contribution in [0, 0.1) is 13.8 Å². The van der Waals surface area contributed by atoms with E-state index in [4.69, 9.17) is 0 Å². The second-order valence-corrected chi connectivity index (χ2v) is 6.44. The largest absolute Gasteiger partial charge is 0.417 e. The Balaban J connectivity index is 3.17. The van der Waals surface area contributed by atoms with E-state index in [9.17, 15) is 52.7 Å². The number of benzene rings is 2. The molecule has 0 atom stereocenters. The summed E-state index contributed by atoms with van der Waals surface area (Å²) >= 11 is 0. The highest BCUT2D eigenvalue weighted by atomic mass is 19.4. The van der Waals surface area contributed by atoms with E-state index in [2.05, 4.69) is 0 Å². The van der Waals surface area contributed by atoms with Crippen LogP contribution in [0.15, 0.2) is 24.3 Å². The van der Waals surface area contributed by atoms with Gasteiger partial charge in [0.05, 0.1) is 22.3 Å². The molecule has 0 aliphatic heterocycles. The van der Waals surface area contributed by atoms with Crippen molar-refractivity contribution in [2.75, 3.05) is 0 Å². The summed E-state index contributed by atoms with van der Waals surface area (Å²) in [6.07, 6.45) is -22.0. The maximum Gasteiger partial charge on any atom is 0.417 e. The Labute approximate surface area is 161 Å². The van der Waals surface area contributed by atoms with E-state index >= 15 is 0 Å². The first-order valence-electron chi connectivity index (χ1n) is 7.83. The van der Waals surface area contributed by atoms with Gasteiger partial charge in [-0.1, -0.05) is 0 Å². The zero-order chi connectivity index (χ0) is 23.4. The Morgan fingerprint density at radius 3 is 1.17 bits per heavy atom. The van der Waals surface area contributed by atoms with Crippen molar-refractivity contribution in [2.45, 2.75) is 38.6 Å². The predicted molar refractivity (Wildman–Crippen MR) is 81.4 cm³/mol. The molecule has 0 aliphatic rings. The summed E-state index contributed by atoms with van der Waals surface area (Å²) in [6.45, 7) is 1.46. The zero-order valence-corrected chi connectivity index (χ0v) is 14.8. The van der Waals surface area contributed by atoms with Gasteiger partial charge in [-0.15, -0.1) is 0 Å². The molecular weight excluding hydrogens is 444 g/mol. The number of halogens is 12. The highest BCUT2D eigenvalue weighted by Crippen LogP contribution is 2.50. The molecule has 2 aromatic carbocycles. The summed E-state index contributed by atoms with van der Waals surface area (Å²) in [5, 5.41) is 0. The van der Waals surface area contributed by atoms with E-state index < -0.39 is 69.2 Å². The molecule has 0 saturated carbocycles. The van der Waals surface area contributed by atoms with Crippen molar-refractivity contribution in [3.8, 4) is 11.1 Å². The van der Waals surface area contributed by atoms with Crippen LogP contribution in [-0.4, -0.2) is 0 Å². The highest BCUT2D eigenvalue weighted by Gasteiger charge is 2.45. The standard InChI is InChI=1S/C18H10F12/c1-7-3-12(17(25,26)27)14(13(4-7)18(28,29)30)9-6-10(15(19,20)21)8(2)5-11(9)16(22,23)24/h3-6H,1-2H3. The Kier molecular flexibility index (Phi) is 5.64. The van der Waals surface area contributed by atoms with Gasteiger partial charge in [-0.2, -0.15) is 52.7 Å². The molecule has 0 aliphatic carbocycles. The highest BCUT2D eigenvalue weighted by molar-refractivity contribution is 5.77. The molecule has 2 aromatic rings. The molecule has 0 bridgehead atoms. The summed E-state index contributed by atoms with van der Waals surface area (Å²) < 4.78 is 161. The number of rotatable bonds is 1. The third-order valence-corrected chi connectivity index (χ3v) is 4.14. The fourth-order valence-corrected chi connectivity index (χ4v) is 2.98. The van der Waals surface area contributed by atoms with Gasteiger partial charge in [0, 0.05) is 5.56 Å². The summed E-state index contributed by atoms with van der Waals surface area (Å²) in [6, 6.07) is -0.138. The Morgan fingerprint density at radius 1 is 0.467 bits per heavy atom. The summed E-state index contributed by atoms with van der Waals surface area (Å²) in [4.78, 5) is 0. The van der Waals surface area contributed by atoms with Gasteiger partial charge in [-0.25, -0.2) is 0 Å². The lowest BCUT2D eigenvalue weighted by molar-refractivity contribution is -0.144. The lowest BCUT2D eigenvalue weighted by atomic mass is 9.86. The molecule has 0 radical (unpaired) electrons. The first-order chi connectivity index (χ1) is 13.2. The van der Waals surface area contributed by atoms with Crippen LogP contribution in [0.25, 0.3) is 11.1 Å². The maximum absolute atomic E-state index is 13.5. The predicted octanol–water partition coefficient (Wildman–Crippen LogP) is 8.05. The summed E-state index contributed by atoms with van der Waals surface area (Å²) in [5.74, 6) is 0. The molecule has 0 spiro atoms. The maximum atomic E-state index is 13.5. The number of alkyl halides is 12. The van der Waals surface area contributed by atoms with Gasteiger partial charge >= 0.3 is 24.7 Å². The van der Waals surface area contributed by atoms with Crippen LogP contribution in [0.4, 0.5) is 52.7 Å². The second kappa shape index (κ2) is 7.09. The number of hydrogen-bond donors (Lipinski definition) is 0. The van der Waals surface area contributed by atoms with E-state index in [1.165, 1.54) is 0 Å². The van der Waals surface area contributed by atoms with Crippen molar-refractivity contribution in [3.05, 3.63) is 57.6 Å². The van der Waals surface area contributed by atoms with Crippen molar-refractivity contribution >= 4 is 0 Å². The molecule has 0 heterocycles. The van der Waals surface area contributed by atoms with Crippen LogP contribution in [0.1, 0.15) is 33.4 Å². The van der Waals surface area contributed by atoms with Crippen molar-refractivity contribution in [3.63, 3.8) is 0 Å². The van der Waals surface area contributed by atoms with E-state index in [1.807, 2.05) is 0 Å². The van der Waals surface area contributed by atoms with Gasteiger partial charge in [0.2, 0.25) is 0 Å². The molecule has 0 N–H and O–H groups in total. The van der Waals surface area contributed by atoms with Crippen LogP contribution in [0.3, 0.4) is 0 Å². The van der Waals surface area contributed by atoms with E-state index in [-0.39, 0.29) is 24.3 Å². The Hall–Kier alpha value is -2.40. The van der Waals surface area contributed by atoms with Crippen LogP contribution in [0.2, 0.25) is 0 Å². The van der Waals surface area contributed by atoms with E-state index in [1.54, 1.807) is 0 Å². The molecular formula is C18H10F12. The lowest BCUT2D eigenvalue weighted by Gasteiger charge is -2.24. The fourth-order valence-electron chi connectivity index (χ4n) is 2.98. The molecule has 166 valence electrons. The first-order valence-corrected chi connectivity index (χ1v) is 7.83. The van der Waals surface area contributed by atoms with Crippen LogP contribution in [0.5, 0.6) is 0 Å². The van der Waals surface area contributed by atoms with E-state index in [0.29, 0.717) is 6.92 Å². The van der Waals surface area contributed by atoms with Crippen molar-refractivity contribution in [1.29, 1.82) is 0 Å². The van der Waals surface area contributed by atoms with Gasteiger partial charge in [0.1, 0.15) is 0 Å². The van der Waals surface area contributed by atoms with Gasteiger partial charge < -0.3 is 0 Å². The molecule has 2 rings (SSSR count). The molecule has 0 nitrogen and oxygen atoms in total. The minimum atomic E-state index is -5.58. The number of hydrogen-bond acceptors (Lipinski definition) is 0. The SMILES string of the molecule is Cc1cc(C(F)(F)F)c(-c2cc(C(F)(F)F)c(C)cc2C(F)(F)F)c(C(F)(F)F)c1. The quantitative estimate of drug-likeness (QED) is 0.383. The van der Waals surface area contributed by atoms with E-state index in [0.717, 1.165) is 6.92 Å². The average molecular weight is 454 g/mol. The summed E-state index contributed by atoms with van der Waals surface area (Å²) in [5.41, 5.74) is -13.6. The Morgan fingerprint density at radius 2 is 0.833 bits per heavy atom. The Bertz CT molecular complexity index is 920. The fraction of sp³-hybridized carbons (Fsp3) is 0.333. The van der Waals surface area contributed by atoms with Gasteiger partial charge in [0.25, 0.3) is 0 Å². The van der Waals surface area contributed by atoms with Crippen molar-refractivity contribution in [2.24, 2.45) is 0 Å². The van der Waals surface area contributed by atoms with Gasteiger partial charge in [0.15, 0.2) is 0 Å². The zero-order valence-electron chi connectivity index (χ0n) is 14.8. The lowest BCUT2D eigenvalue weighted by Crippen LogP contribution is -2.18. The second-order valence-electron chi connectivity index (χ2n) is 6.44. The van der Waals surface area contributed by atoms with Crippen LogP contribution >= 0.6 is 0 Å². The normalized spacial score (nSPS) is 13.7. The third kappa shape index (κ3) is 4.67. The third-order valence-electron chi connectivity index (χ3n) is 4.14. The molecule has 12 heteroatoms. The topological polar surface area (TPSA) is 0 Å². The minimum absolute atomic E-state index is 0.113. The monoisotopic (exact) mass is 454 g/mol. The molecule has 0 amide bonds. The van der Waals surface area contributed by atoms with Crippen LogP contribution in [-0.2, 0) is 24.7 Å². The molecule has 0 aromatic heterocycles. The molecule has 0 unspecified atom stereocenters. The van der Waals surface area contributed by atoms with Gasteiger partial charge in [-0.05, 0) is 54.8 Å². The summed E-state index contributed by atoms with van der Waals surface area (Å²) in [7, 11) is 0. The minimum Gasteiger partial charge on any atom is -0.166 e. The molecule has 0 saturated heterocycles. The van der Waals surface area contributed by atoms with Gasteiger partial charge in [-0.3, -0.25) is 0 Å². The average Bonchev–Trinajstić information content (AvgIpc) is 2.50. The van der Waals surface area contributed by atoms with Crippen LogP contribution < -0.4 is 0 Å². The number of aryl methyl sites for hydroxylation is 2.